The van der Waals surface area contributed by atoms with Crippen LogP contribution in [0.15, 0.2) is 18.2 Å². The molecule has 1 heterocycles. The lowest BCUT2D eigenvalue weighted by Crippen LogP contribution is -2.30. The molecule has 0 saturated carbocycles. The minimum absolute atomic E-state index is 0.133. The molecule has 0 radical (unpaired) electrons. The molecule has 1 aromatic rings. The quantitative estimate of drug-likeness (QED) is 0.785. The SMILES string of the molecule is NC(=O)c1cccc(C(N)=O)c1N1CCCC1=O. The molecule has 2 rings (SSSR count). The molecular formula is C12H13N3O3. The smallest absolute Gasteiger partial charge is 0.250 e. The van der Waals surface area contributed by atoms with Crippen molar-refractivity contribution in [1.82, 2.24) is 0 Å². The molecular weight excluding hydrogens is 234 g/mol. The van der Waals surface area contributed by atoms with Crippen molar-refractivity contribution in [3.05, 3.63) is 29.3 Å². The molecule has 0 aliphatic carbocycles. The van der Waals surface area contributed by atoms with Crippen molar-refractivity contribution in [1.29, 1.82) is 0 Å². The lowest BCUT2D eigenvalue weighted by atomic mass is 10.0. The van der Waals surface area contributed by atoms with E-state index in [1.165, 1.54) is 23.1 Å². The van der Waals surface area contributed by atoms with E-state index in [1.807, 2.05) is 0 Å². The highest BCUT2D eigenvalue weighted by molar-refractivity contribution is 6.11. The maximum atomic E-state index is 11.7. The summed E-state index contributed by atoms with van der Waals surface area (Å²) in [5.41, 5.74) is 11.1. The molecule has 1 fully saturated rings. The van der Waals surface area contributed by atoms with Gasteiger partial charge >= 0.3 is 0 Å². The Morgan fingerprint density at radius 3 is 2.06 bits per heavy atom. The average molecular weight is 247 g/mol. The summed E-state index contributed by atoms with van der Waals surface area (Å²) >= 11 is 0. The van der Waals surface area contributed by atoms with Gasteiger partial charge in [0.2, 0.25) is 5.91 Å². The van der Waals surface area contributed by atoms with E-state index in [9.17, 15) is 14.4 Å². The first-order valence-corrected chi connectivity index (χ1v) is 5.55. The largest absolute Gasteiger partial charge is 0.366 e. The molecule has 6 heteroatoms. The van der Waals surface area contributed by atoms with Crippen LogP contribution in [0.2, 0.25) is 0 Å². The molecule has 1 aliphatic rings. The molecule has 18 heavy (non-hydrogen) atoms. The average Bonchev–Trinajstić information content (AvgIpc) is 2.74. The first kappa shape index (κ1) is 12.1. The van der Waals surface area contributed by atoms with Crippen molar-refractivity contribution >= 4 is 23.4 Å². The number of anilines is 1. The van der Waals surface area contributed by atoms with Crippen LogP contribution in [0.1, 0.15) is 33.6 Å². The standard InChI is InChI=1S/C12H13N3O3/c13-11(17)7-3-1-4-8(12(14)18)10(7)15-6-2-5-9(15)16/h1,3-4H,2,5-6H2,(H2,13,17)(H2,14,18). The van der Waals surface area contributed by atoms with Gasteiger partial charge in [0.1, 0.15) is 0 Å². The fourth-order valence-corrected chi connectivity index (χ4v) is 2.12. The summed E-state index contributed by atoms with van der Waals surface area (Å²) in [5, 5.41) is 0. The first-order chi connectivity index (χ1) is 8.52. The fourth-order valence-electron chi connectivity index (χ4n) is 2.12. The van der Waals surface area contributed by atoms with Crippen molar-refractivity contribution in [3.63, 3.8) is 0 Å². The second-order valence-corrected chi connectivity index (χ2v) is 4.08. The molecule has 0 spiro atoms. The number of nitrogens with zero attached hydrogens (tertiary/aromatic N) is 1. The van der Waals surface area contributed by atoms with Crippen LogP contribution in [0.4, 0.5) is 5.69 Å². The molecule has 4 N–H and O–H groups in total. The van der Waals surface area contributed by atoms with Crippen molar-refractivity contribution in [2.75, 3.05) is 11.4 Å². The molecule has 1 aromatic carbocycles. The van der Waals surface area contributed by atoms with Crippen LogP contribution in [0.5, 0.6) is 0 Å². The summed E-state index contributed by atoms with van der Waals surface area (Å²) in [6, 6.07) is 4.48. The predicted molar refractivity (Wildman–Crippen MR) is 65.1 cm³/mol. The highest BCUT2D eigenvalue weighted by Crippen LogP contribution is 2.29. The maximum Gasteiger partial charge on any atom is 0.250 e. The van der Waals surface area contributed by atoms with E-state index in [2.05, 4.69) is 0 Å². The molecule has 1 aliphatic heterocycles. The van der Waals surface area contributed by atoms with Gasteiger partial charge in [0, 0.05) is 13.0 Å². The van der Waals surface area contributed by atoms with Crippen LogP contribution in [-0.2, 0) is 4.79 Å². The summed E-state index contributed by atoms with van der Waals surface area (Å²) in [6.07, 6.45) is 1.08. The molecule has 0 atom stereocenters. The number of hydrogen-bond donors (Lipinski definition) is 2. The predicted octanol–water partition coefficient (Wildman–Crippen LogP) is 0.0112. The van der Waals surface area contributed by atoms with Crippen LogP contribution in [0, 0.1) is 0 Å². The monoisotopic (exact) mass is 247 g/mol. The molecule has 94 valence electrons. The van der Waals surface area contributed by atoms with Crippen molar-refractivity contribution in [2.24, 2.45) is 11.5 Å². The molecule has 6 nitrogen and oxygen atoms in total. The zero-order valence-electron chi connectivity index (χ0n) is 9.68. The Labute approximate surface area is 104 Å². The number of primary amides is 2. The summed E-state index contributed by atoms with van der Waals surface area (Å²) in [6.45, 7) is 0.462. The van der Waals surface area contributed by atoms with Gasteiger partial charge in [-0.05, 0) is 18.6 Å². The summed E-state index contributed by atoms with van der Waals surface area (Å²) in [5.74, 6) is -1.51. The Morgan fingerprint density at radius 2 is 1.67 bits per heavy atom. The van der Waals surface area contributed by atoms with Gasteiger partial charge in [0.25, 0.3) is 11.8 Å². The van der Waals surface area contributed by atoms with Crippen LogP contribution in [-0.4, -0.2) is 24.3 Å². The third kappa shape index (κ3) is 1.92. The number of carbonyl (C=O) groups excluding carboxylic acids is 3. The highest BCUT2D eigenvalue weighted by Gasteiger charge is 2.28. The third-order valence-electron chi connectivity index (χ3n) is 2.91. The summed E-state index contributed by atoms with van der Waals surface area (Å²) < 4.78 is 0. The van der Waals surface area contributed by atoms with Crippen LogP contribution >= 0.6 is 0 Å². The van der Waals surface area contributed by atoms with E-state index in [0.717, 1.165) is 0 Å². The molecule has 0 aromatic heterocycles. The van der Waals surface area contributed by atoms with E-state index in [1.54, 1.807) is 0 Å². The zero-order chi connectivity index (χ0) is 13.3. The lowest BCUT2D eigenvalue weighted by Gasteiger charge is -2.20. The van der Waals surface area contributed by atoms with Gasteiger partial charge < -0.3 is 16.4 Å². The van der Waals surface area contributed by atoms with E-state index in [-0.39, 0.29) is 22.7 Å². The van der Waals surface area contributed by atoms with E-state index in [4.69, 9.17) is 11.5 Å². The van der Waals surface area contributed by atoms with Gasteiger partial charge in [-0.3, -0.25) is 14.4 Å². The maximum absolute atomic E-state index is 11.7. The minimum atomic E-state index is -0.687. The summed E-state index contributed by atoms with van der Waals surface area (Å²) in [4.78, 5) is 35.9. The zero-order valence-corrected chi connectivity index (χ0v) is 9.68. The summed E-state index contributed by atoms with van der Waals surface area (Å²) in [7, 11) is 0. The van der Waals surface area contributed by atoms with Crippen molar-refractivity contribution in [2.45, 2.75) is 12.8 Å². The van der Waals surface area contributed by atoms with E-state index >= 15 is 0 Å². The van der Waals surface area contributed by atoms with E-state index in [0.29, 0.717) is 19.4 Å². The van der Waals surface area contributed by atoms with Gasteiger partial charge in [-0.2, -0.15) is 0 Å². The topological polar surface area (TPSA) is 106 Å². The molecule has 0 bridgehead atoms. The van der Waals surface area contributed by atoms with Gasteiger partial charge in [0.15, 0.2) is 0 Å². The van der Waals surface area contributed by atoms with Gasteiger partial charge in [-0.25, -0.2) is 0 Å². The fraction of sp³-hybridized carbons (Fsp3) is 0.250. The van der Waals surface area contributed by atoms with Crippen LogP contribution < -0.4 is 16.4 Å². The molecule has 1 saturated heterocycles. The number of nitrogens with two attached hydrogens (primary N) is 2. The lowest BCUT2D eigenvalue weighted by molar-refractivity contribution is -0.117. The Morgan fingerprint density at radius 1 is 1.11 bits per heavy atom. The second-order valence-electron chi connectivity index (χ2n) is 4.08. The minimum Gasteiger partial charge on any atom is -0.366 e. The van der Waals surface area contributed by atoms with Gasteiger partial charge in [-0.15, -0.1) is 0 Å². The number of benzene rings is 1. The normalized spacial score (nSPS) is 14.9. The Balaban J connectivity index is 2.63. The Kier molecular flexibility index (Phi) is 3.01. The molecule has 0 unspecified atom stereocenters. The number of para-hydroxylation sites is 1. The number of rotatable bonds is 3. The highest BCUT2D eigenvalue weighted by atomic mass is 16.2. The Bertz CT molecular complexity index is 507. The van der Waals surface area contributed by atoms with Crippen molar-refractivity contribution < 1.29 is 14.4 Å². The van der Waals surface area contributed by atoms with Crippen molar-refractivity contribution in [3.8, 4) is 0 Å². The van der Waals surface area contributed by atoms with E-state index < -0.39 is 11.8 Å². The van der Waals surface area contributed by atoms with Gasteiger partial charge in [0.05, 0.1) is 16.8 Å². The second kappa shape index (κ2) is 4.48. The number of amides is 3. The van der Waals surface area contributed by atoms with Crippen LogP contribution in [0.25, 0.3) is 0 Å². The first-order valence-electron chi connectivity index (χ1n) is 5.55. The molecule has 3 amide bonds. The van der Waals surface area contributed by atoms with Crippen LogP contribution in [0.3, 0.4) is 0 Å². The number of hydrogen-bond acceptors (Lipinski definition) is 3. The number of carbonyl (C=O) groups is 3. The Hall–Kier alpha value is -2.37. The third-order valence-corrected chi connectivity index (χ3v) is 2.91. The van der Waals surface area contributed by atoms with Gasteiger partial charge in [-0.1, -0.05) is 6.07 Å².